The molecule has 0 spiro atoms. The van der Waals surface area contributed by atoms with Crippen molar-refractivity contribution in [2.24, 2.45) is 5.92 Å². The smallest absolute Gasteiger partial charge is 0.306 e. The average Bonchev–Trinajstić information content (AvgIpc) is 3.30. The van der Waals surface area contributed by atoms with Gasteiger partial charge in [-0.3, -0.25) is 14.4 Å². The van der Waals surface area contributed by atoms with Gasteiger partial charge in [0.15, 0.2) is 6.10 Å². The first-order valence-electron chi connectivity index (χ1n) is 29.9. The Morgan fingerprint density at radius 2 is 0.500 bits per heavy atom. The van der Waals surface area contributed by atoms with E-state index in [-0.39, 0.29) is 31.1 Å². The summed E-state index contributed by atoms with van der Waals surface area (Å²) in [6, 6.07) is 0. The van der Waals surface area contributed by atoms with E-state index in [4.69, 9.17) is 14.2 Å². The minimum Gasteiger partial charge on any atom is -0.462 e. The van der Waals surface area contributed by atoms with Crippen molar-refractivity contribution in [1.29, 1.82) is 0 Å². The lowest BCUT2D eigenvalue weighted by atomic mass is 10.0. The molecule has 6 nitrogen and oxygen atoms in total. The van der Waals surface area contributed by atoms with Gasteiger partial charge >= 0.3 is 17.9 Å². The van der Waals surface area contributed by atoms with Crippen molar-refractivity contribution in [2.75, 3.05) is 13.2 Å². The summed E-state index contributed by atoms with van der Waals surface area (Å²) in [6.45, 7) is 9.07. The molecule has 0 saturated carbocycles. The van der Waals surface area contributed by atoms with Crippen LogP contribution in [-0.4, -0.2) is 37.2 Å². The first-order valence-corrected chi connectivity index (χ1v) is 29.9. The van der Waals surface area contributed by atoms with Crippen molar-refractivity contribution in [2.45, 2.75) is 348 Å². The predicted molar refractivity (Wildman–Crippen MR) is 284 cm³/mol. The van der Waals surface area contributed by atoms with Crippen molar-refractivity contribution < 1.29 is 28.6 Å². The number of unbranched alkanes of at least 4 members (excludes halogenated alkanes) is 42. The molecular weight excluding hydrogens is 817 g/mol. The van der Waals surface area contributed by atoms with Crippen molar-refractivity contribution >= 4 is 17.9 Å². The normalized spacial score (nSPS) is 12.0. The number of hydrogen-bond acceptors (Lipinski definition) is 6. The molecule has 0 aliphatic heterocycles. The maximum Gasteiger partial charge on any atom is 0.306 e. The highest BCUT2D eigenvalue weighted by Gasteiger charge is 2.19. The Morgan fingerprint density at radius 1 is 0.288 bits per heavy atom. The van der Waals surface area contributed by atoms with Gasteiger partial charge in [0.1, 0.15) is 13.2 Å². The molecule has 0 heterocycles. The Morgan fingerprint density at radius 3 is 0.742 bits per heavy atom. The van der Waals surface area contributed by atoms with E-state index in [1.807, 2.05) is 0 Å². The molecule has 66 heavy (non-hydrogen) atoms. The van der Waals surface area contributed by atoms with E-state index >= 15 is 0 Å². The largest absolute Gasteiger partial charge is 0.462 e. The highest BCUT2D eigenvalue weighted by atomic mass is 16.6. The van der Waals surface area contributed by atoms with Crippen LogP contribution in [0.5, 0.6) is 0 Å². The molecule has 0 radical (unpaired) electrons. The van der Waals surface area contributed by atoms with Gasteiger partial charge in [0.05, 0.1) is 0 Å². The van der Waals surface area contributed by atoms with Gasteiger partial charge in [0.25, 0.3) is 0 Å². The third-order valence-electron chi connectivity index (χ3n) is 13.8. The van der Waals surface area contributed by atoms with Crippen LogP contribution in [0.25, 0.3) is 0 Å². The molecule has 0 N–H and O–H groups in total. The Balaban J connectivity index is 4.28. The van der Waals surface area contributed by atoms with E-state index in [9.17, 15) is 14.4 Å². The molecule has 0 aromatic rings. The van der Waals surface area contributed by atoms with E-state index < -0.39 is 6.10 Å². The monoisotopic (exact) mass is 933 g/mol. The molecule has 0 aromatic heterocycles. The van der Waals surface area contributed by atoms with E-state index in [1.54, 1.807) is 0 Å². The quantitative estimate of drug-likeness (QED) is 0.0343. The molecule has 0 aromatic carbocycles. The molecule has 6 heteroatoms. The Hall–Kier alpha value is -1.59. The first-order chi connectivity index (χ1) is 32.4. The summed E-state index contributed by atoms with van der Waals surface area (Å²) in [6.07, 6.45) is 59.5. The molecule has 1 atom stereocenters. The SMILES string of the molecule is CCCCCCCCCCCCCCCCCCCCC(=O)O[C@H](COC(=O)CCCCCCCCCCCCCCC)COC(=O)CCCCCCCCCCCCCCCCC(C)C. The summed E-state index contributed by atoms with van der Waals surface area (Å²) in [5, 5.41) is 0. The first kappa shape index (κ1) is 64.4. The van der Waals surface area contributed by atoms with Crippen LogP contribution in [0.3, 0.4) is 0 Å². The lowest BCUT2D eigenvalue weighted by molar-refractivity contribution is -0.167. The summed E-state index contributed by atoms with van der Waals surface area (Å²) >= 11 is 0. The number of esters is 3. The van der Waals surface area contributed by atoms with Crippen LogP contribution in [-0.2, 0) is 28.6 Å². The second kappa shape index (κ2) is 54.4. The zero-order valence-corrected chi connectivity index (χ0v) is 45.2. The van der Waals surface area contributed by atoms with Gasteiger partial charge in [-0.1, -0.05) is 304 Å². The van der Waals surface area contributed by atoms with Crippen LogP contribution < -0.4 is 0 Å². The summed E-state index contributed by atoms with van der Waals surface area (Å²) in [7, 11) is 0. The summed E-state index contributed by atoms with van der Waals surface area (Å²) in [5.41, 5.74) is 0. The molecule has 0 aliphatic carbocycles. The van der Waals surface area contributed by atoms with Crippen molar-refractivity contribution in [1.82, 2.24) is 0 Å². The molecule has 0 aliphatic rings. The minimum atomic E-state index is -0.762. The van der Waals surface area contributed by atoms with Crippen LogP contribution in [0.2, 0.25) is 0 Å². The third kappa shape index (κ3) is 53.4. The van der Waals surface area contributed by atoms with E-state index in [0.29, 0.717) is 19.3 Å². The third-order valence-corrected chi connectivity index (χ3v) is 13.8. The lowest BCUT2D eigenvalue weighted by Crippen LogP contribution is -2.30. The van der Waals surface area contributed by atoms with Gasteiger partial charge in [-0.25, -0.2) is 0 Å². The highest BCUT2D eigenvalue weighted by molar-refractivity contribution is 5.71. The number of carbonyl (C=O) groups excluding carboxylic acids is 3. The van der Waals surface area contributed by atoms with E-state index in [1.165, 1.54) is 238 Å². The van der Waals surface area contributed by atoms with Crippen LogP contribution in [0, 0.1) is 5.92 Å². The molecule has 0 unspecified atom stereocenters. The Kier molecular flexibility index (Phi) is 53.0. The molecule has 0 bridgehead atoms. The maximum atomic E-state index is 12.9. The second-order valence-corrected chi connectivity index (χ2v) is 21.1. The number of ether oxygens (including phenoxy) is 3. The summed E-state index contributed by atoms with van der Waals surface area (Å²) < 4.78 is 16.9. The van der Waals surface area contributed by atoms with Crippen LogP contribution >= 0.6 is 0 Å². The standard InChI is InChI=1S/C60H116O6/c1-5-7-9-11-13-15-17-19-20-21-22-23-29-33-37-41-45-49-53-60(63)66-57(54-64-58(61)51-47-43-39-35-31-26-18-16-14-12-10-8-6-2)55-65-59(62)52-48-44-40-36-32-28-25-24-27-30-34-38-42-46-50-56(3)4/h56-57H,5-55H2,1-4H3/t57-/m1/s1. The van der Waals surface area contributed by atoms with Crippen LogP contribution in [0.1, 0.15) is 342 Å². The number of hydrogen-bond donors (Lipinski definition) is 0. The van der Waals surface area contributed by atoms with Gasteiger partial charge < -0.3 is 14.2 Å². The highest BCUT2D eigenvalue weighted by Crippen LogP contribution is 2.18. The molecule has 392 valence electrons. The molecule has 0 rings (SSSR count). The fourth-order valence-corrected chi connectivity index (χ4v) is 9.28. The van der Waals surface area contributed by atoms with Crippen molar-refractivity contribution in [3.8, 4) is 0 Å². The Bertz CT molecular complexity index is 996. The summed E-state index contributed by atoms with van der Waals surface area (Å²) in [5.74, 6) is 0.0121. The zero-order chi connectivity index (χ0) is 48.1. The molecule has 0 fully saturated rings. The predicted octanol–water partition coefficient (Wildman–Crippen LogP) is 19.8. The molecular formula is C60H116O6. The van der Waals surface area contributed by atoms with E-state index in [2.05, 4.69) is 27.7 Å². The number of rotatable bonds is 55. The zero-order valence-electron chi connectivity index (χ0n) is 45.2. The van der Waals surface area contributed by atoms with Gasteiger partial charge in [-0.2, -0.15) is 0 Å². The fraction of sp³-hybridized carbons (Fsp3) is 0.950. The van der Waals surface area contributed by atoms with Gasteiger partial charge in [-0.15, -0.1) is 0 Å². The fourth-order valence-electron chi connectivity index (χ4n) is 9.28. The average molecular weight is 934 g/mol. The Labute approximate surface area is 412 Å². The summed E-state index contributed by atoms with van der Waals surface area (Å²) in [4.78, 5) is 38.2. The van der Waals surface area contributed by atoms with Crippen molar-refractivity contribution in [3.05, 3.63) is 0 Å². The van der Waals surface area contributed by atoms with Gasteiger partial charge in [0.2, 0.25) is 0 Å². The molecule has 0 saturated heterocycles. The number of carbonyl (C=O) groups is 3. The van der Waals surface area contributed by atoms with Gasteiger partial charge in [-0.05, 0) is 25.2 Å². The topological polar surface area (TPSA) is 78.9 Å². The minimum absolute atomic E-state index is 0.0616. The van der Waals surface area contributed by atoms with Gasteiger partial charge in [0, 0.05) is 19.3 Å². The second-order valence-electron chi connectivity index (χ2n) is 21.1. The van der Waals surface area contributed by atoms with E-state index in [0.717, 1.165) is 63.7 Å². The van der Waals surface area contributed by atoms with Crippen LogP contribution in [0.15, 0.2) is 0 Å². The van der Waals surface area contributed by atoms with Crippen LogP contribution in [0.4, 0.5) is 0 Å². The lowest BCUT2D eigenvalue weighted by Gasteiger charge is -2.18. The van der Waals surface area contributed by atoms with Crippen molar-refractivity contribution in [3.63, 3.8) is 0 Å². The molecule has 0 amide bonds. The maximum absolute atomic E-state index is 12.9.